The number of para-hydroxylation sites is 2. The molecule has 1 aromatic heterocycles. The third-order valence-corrected chi connectivity index (χ3v) is 4.64. The molecule has 1 aliphatic heterocycles. The maximum Gasteiger partial charge on any atom is 0.292 e. The molecule has 2 heterocycles. The maximum absolute atomic E-state index is 11.2. The predicted octanol–water partition coefficient (Wildman–Crippen LogP) is 2.97. The van der Waals surface area contributed by atoms with Gasteiger partial charge in [0.2, 0.25) is 11.8 Å². The van der Waals surface area contributed by atoms with Crippen LogP contribution in [0.15, 0.2) is 59.0 Å². The molecule has 0 radical (unpaired) electrons. The zero-order valence-corrected chi connectivity index (χ0v) is 14.7. The minimum atomic E-state index is -0.328. The Morgan fingerprint density at radius 1 is 0.963 bits per heavy atom. The number of nitro groups is 1. The summed E-state index contributed by atoms with van der Waals surface area (Å²) in [5.41, 5.74) is 1.72. The van der Waals surface area contributed by atoms with E-state index in [2.05, 4.69) is 20.0 Å². The normalized spacial score (nSPS) is 15.0. The number of hydrogen-bond acceptors (Lipinski definition) is 7. The third kappa shape index (κ3) is 3.80. The summed E-state index contributed by atoms with van der Waals surface area (Å²) in [5.74, 6) is 1.09. The second-order valence-corrected chi connectivity index (χ2v) is 6.38. The van der Waals surface area contributed by atoms with Gasteiger partial charge in [0.05, 0.1) is 11.5 Å². The van der Waals surface area contributed by atoms with Crippen molar-refractivity contribution in [2.24, 2.45) is 0 Å². The highest BCUT2D eigenvalue weighted by molar-refractivity contribution is 5.63. The van der Waals surface area contributed by atoms with Crippen molar-refractivity contribution < 1.29 is 9.34 Å². The van der Waals surface area contributed by atoms with Crippen LogP contribution in [0.2, 0.25) is 0 Å². The monoisotopic (exact) mass is 365 g/mol. The highest BCUT2D eigenvalue weighted by atomic mass is 16.6. The van der Waals surface area contributed by atoms with Gasteiger partial charge in [-0.15, -0.1) is 10.2 Å². The number of hydrogen-bond donors (Lipinski definition) is 0. The van der Waals surface area contributed by atoms with E-state index < -0.39 is 0 Å². The number of nitro benzene ring substituents is 1. The van der Waals surface area contributed by atoms with Crippen molar-refractivity contribution in [3.05, 3.63) is 70.6 Å². The first-order valence-corrected chi connectivity index (χ1v) is 8.79. The van der Waals surface area contributed by atoms with Gasteiger partial charge in [-0.2, -0.15) is 0 Å². The smallest absolute Gasteiger partial charge is 0.292 e. The molecule has 138 valence electrons. The van der Waals surface area contributed by atoms with E-state index in [4.69, 9.17) is 4.42 Å². The molecule has 1 saturated heterocycles. The summed E-state index contributed by atoms with van der Waals surface area (Å²) >= 11 is 0. The number of rotatable bonds is 5. The Morgan fingerprint density at radius 3 is 2.41 bits per heavy atom. The number of piperazine rings is 1. The third-order valence-electron chi connectivity index (χ3n) is 4.64. The molecule has 1 fully saturated rings. The molecule has 0 amide bonds. The lowest BCUT2D eigenvalue weighted by atomic mass is 10.2. The molecule has 1 aliphatic rings. The Balaban J connectivity index is 1.38. The zero-order chi connectivity index (χ0) is 18.6. The molecule has 0 N–H and O–H groups in total. The Kier molecular flexibility index (Phi) is 4.80. The van der Waals surface area contributed by atoms with E-state index in [-0.39, 0.29) is 10.6 Å². The number of benzene rings is 2. The fraction of sp³-hybridized carbons (Fsp3) is 0.263. The van der Waals surface area contributed by atoms with Crippen molar-refractivity contribution in [2.75, 3.05) is 31.1 Å². The van der Waals surface area contributed by atoms with Crippen molar-refractivity contribution in [2.45, 2.75) is 6.54 Å². The molecule has 0 atom stereocenters. The summed E-state index contributed by atoms with van der Waals surface area (Å²) in [7, 11) is 0. The summed E-state index contributed by atoms with van der Waals surface area (Å²) in [6.45, 7) is 3.55. The molecule has 0 unspecified atom stereocenters. The van der Waals surface area contributed by atoms with Gasteiger partial charge in [-0.3, -0.25) is 15.0 Å². The van der Waals surface area contributed by atoms with Crippen LogP contribution in [-0.2, 0) is 6.54 Å². The molecule has 4 rings (SSSR count). The van der Waals surface area contributed by atoms with Gasteiger partial charge in [0.1, 0.15) is 5.69 Å². The van der Waals surface area contributed by atoms with Crippen LogP contribution in [0.1, 0.15) is 5.89 Å². The fourth-order valence-corrected chi connectivity index (χ4v) is 3.24. The SMILES string of the molecule is O=[N+]([O-])c1ccccc1N1CCN(Cc2nnc(-c3ccccc3)o2)CC1. The van der Waals surface area contributed by atoms with Crippen molar-refractivity contribution >= 4 is 11.4 Å². The lowest BCUT2D eigenvalue weighted by molar-refractivity contribution is -0.384. The molecular weight excluding hydrogens is 346 g/mol. The molecule has 3 aromatic rings. The van der Waals surface area contributed by atoms with E-state index in [0.29, 0.717) is 37.1 Å². The van der Waals surface area contributed by atoms with Gasteiger partial charge in [0.15, 0.2) is 0 Å². The Bertz CT molecular complexity index is 920. The van der Waals surface area contributed by atoms with E-state index in [1.165, 1.54) is 0 Å². The molecule has 27 heavy (non-hydrogen) atoms. The van der Waals surface area contributed by atoms with Crippen LogP contribution < -0.4 is 4.90 Å². The van der Waals surface area contributed by atoms with Crippen LogP contribution in [0.5, 0.6) is 0 Å². The first-order chi connectivity index (χ1) is 13.2. The molecule has 0 aliphatic carbocycles. The van der Waals surface area contributed by atoms with Crippen LogP contribution in [0.3, 0.4) is 0 Å². The van der Waals surface area contributed by atoms with E-state index in [0.717, 1.165) is 18.7 Å². The Morgan fingerprint density at radius 2 is 1.67 bits per heavy atom. The second-order valence-electron chi connectivity index (χ2n) is 6.38. The number of aromatic nitrogens is 2. The van der Waals surface area contributed by atoms with Gasteiger partial charge in [0, 0.05) is 37.8 Å². The van der Waals surface area contributed by atoms with Crippen LogP contribution in [0.4, 0.5) is 11.4 Å². The fourth-order valence-electron chi connectivity index (χ4n) is 3.24. The highest BCUT2D eigenvalue weighted by Gasteiger charge is 2.24. The van der Waals surface area contributed by atoms with E-state index >= 15 is 0 Å². The van der Waals surface area contributed by atoms with Crippen molar-refractivity contribution in [1.82, 2.24) is 15.1 Å². The quantitative estimate of drug-likeness (QED) is 0.507. The second kappa shape index (κ2) is 7.55. The largest absolute Gasteiger partial charge is 0.419 e. The summed E-state index contributed by atoms with van der Waals surface area (Å²) in [6, 6.07) is 16.5. The molecule has 0 bridgehead atoms. The van der Waals surface area contributed by atoms with Gasteiger partial charge in [-0.25, -0.2) is 0 Å². The number of anilines is 1. The van der Waals surface area contributed by atoms with Gasteiger partial charge in [-0.1, -0.05) is 30.3 Å². The van der Waals surface area contributed by atoms with Crippen LogP contribution in [0, 0.1) is 10.1 Å². The van der Waals surface area contributed by atoms with Crippen molar-refractivity contribution in [3.8, 4) is 11.5 Å². The molecule has 8 heteroatoms. The topological polar surface area (TPSA) is 88.5 Å². The average molecular weight is 365 g/mol. The molecular formula is C19H19N5O3. The van der Waals surface area contributed by atoms with E-state index in [1.54, 1.807) is 18.2 Å². The van der Waals surface area contributed by atoms with Gasteiger partial charge in [0.25, 0.3) is 5.69 Å². The number of nitrogens with zero attached hydrogens (tertiary/aromatic N) is 5. The zero-order valence-electron chi connectivity index (χ0n) is 14.7. The molecule has 0 saturated carbocycles. The van der Waals surface area contributed by atoms with Crippen LogP contribution >= 0.6 is 0 Å². The van der Waals surface area contributed by atoms with E-state index in [9.17, 15) is 10.1 Å². The Labute approximate surface area is 156 Å². The van der Waals surface area contributed by atoms with Crippen molar-refractivity contribution in [1.29, 1.82) is 0 Å². The predicted molar refractivity (Wildman–Crippen MR) is 100 cm³/mol. The summed E-state index contributed by atoms with van der Waals surface area (Å²) in [5, 5.41) is 19.5. The minimum absolute atomic E-state index is 0.148. The summed E-state index contributed by atoms with van der Waals surface area (Å²) in [6.07, 6.45) is 0. The van der Waals surface area contributed by atoms with Crippen LogP contribution in [0.25, 0.3) is 11.5 Å². The average Bonchev–Trinajstić information content (AvgIpc) is 3.18. The van der Waals surface area contributed by atoms with E-state index in [1.807, 2.05) is 36.4 Å². The minimum Gasteiger partial charge on any atom is -0.419 e. The first-order valence-electron chi connectivity index (χ1n) is 8.79. The molecule has 2 aromatic carbocycles. The molecule has 0 spiro atoms. The van der Waals surface area contributed by atoms with Gasteiger partial charge < -0.3 is 9.32 Å². The highest BCUT2D eigenvalue weighted by Crippen LogP contribution is 2.28. The standard InChI is InChI=1S/C19H19N5O3/c25-24(26)17-9-5-4-8-16(17)23-12-10-22(11-13-23)14-18-20-21-19(27-18)15-6-2-1-3-7-15/h1-9H,10-14H2. The van der Waals surface area contributed by atoms with Crippen LogP contribution in [-0.4, -0.2) is 46.2 Å². The lowest BCUT2D eigenvalue weighted by Crippen LogP contribution is -2.46. The van der Waals surface area contributed by atoms with Gasteiger partial charge >= 0.3 is 0 Å². The lowest BCUT2D eigenvalue weighted by Gasteiger charge is -2.35. The maximum atomic E-state index is 11.2. The summed E-state index contributed by atoms with van der Waals surface area (Å²) in [4.78, 5) is 15.2. The first kappa shape index (κ1) is 17.2. The Hall–Kier alpha value is -3.26. The molecule has 8 nitrogen and oxygen atoms in total. The summed E-state index contributed by atoms with van der Waals surface area (Å²) < 4.78 is 5.77. The van der Waals surface area contributed by atoms with Crippen molar-refractivity contribution in [3.63, 3.8) is 0 Å². The van der Waals surface area contributed by atoms with Gasteiger partial charge in [-0.05, 0) is 18.2 Å².